The van der Waals surface area contributed by atoms with Gasteiger partial charge in [0.25, 0.3) is 0 Å². The fourth-order valence-corrected chi connectivity index (χ4v) is 2.96. The molecule has 27 heavy (non-hydrogen) atoms. The van der Waals surface area contributed by atoms with Crippen LogP contribution in [0.2, 0.25) is 0 Å². The van der Waals surface area contributed by atoms with Crippen LogP contribution < -0.4 is 15.5 Å². The predicted molar refractivity (Wildman–Crippen MR) is 101 cm³/mol. The molecule has 1 saturated heterocycles. The lowest BCUT2D eigenvalue weighted by Gasteiger charge is -2.16. The van der Waals surface area contributed by atoms with Gasteiger partial charge < -0.3 is 15.5 Å². The molecule has 0 aliphatic carbocycles. The Morgan fingerprint density at radius 3 is 2.59 bits per heavy atom. The smallest absolute Gasteiger partial charge is 0.227 e. The van der Waals surface area contributed by atoms with Gasteiger partial charge in [-0.05, 0) is 24.3 Å². The average Bonchev–Trinajstić information content (AvgIpc) is 3.09. The van der Waals surface area contributed by atoms with Crippen LogP contribution in [0.15, 0.2) is 54.7 Å². The molecule has 3 amide bonds. The predicted octanol–water partition coefficient (Wildman–Crippen LogP) is 1.26. The minimum Gasteiger partial charge on any atom is -0.355 e. The van der Waals surface area contributed by atoms with Crippen LogP contribution in [0.4, 0.5) is 5.69 Å². The van der Waals surface area contributed by atoms with E-state index in [2.05, 4.69) is 15.6 Å². The van der Waals surface area contributed by atoms with E-state index in [1.54, 1.807) is 11.1 Å². The summed E-state index contributed by atoms with van der Waals surface area (Å²) in [6, 6.07) is 14.8. The number of amides is 3. The minimum absolute atomic E-state index is 0.0607. The molecule has 7 heteroatoms. The fourth-order valence-electron chi connectivity index (χ4n) is 2.96. The highest BCUT2D eigenvalue weighted by atomic mass is 16.2. The van der Waals surface area contributed by atoms with Crippen molar-refractivity contribution in [2.75, 3.05) is 18.0 Å². The number of nitrogens with zero attached hydrogens (tertiary/aromatic N) is 2. The summed E-state index contributed by atoms with van der Waals surface area (Å²) in [5, 5.41) is 5.51. The van der Waals surface area contributed by atoms with Crippen LogP contribution in [0.3, 0.4) is 0 Å². The molecule has 2 heterocycles. The Hall–Kier alpha value is -3.22. The van der Waals surface area contributed by atoms with Crippen LogP contribution in [0.25, 0.3) is 0 Å². The van der Waals surface area contributed by atoms with E-state index in [0.29, 0.717) is 13.1 Å². The fraction of sp³-hybridized carbons (Fsp3) is 0.300. The highest BCUT2D eigenvalue weighted by Crippen LogP contribution is 2.24. The van der Waals surface area contributed by atoms with Crippen molar-refractivity contribution in [1.82, 2.24) is 15.6 Å². The van der Waals surface area contributed by atoms with Gasteiger partial charge >= 0.3 is 0 Å². The Labute approximate surface area is 157 Å². The Bertz CT molecular complexity index is 795. The molecule has 0 spiro atoms. The number of aromatic nitrogens is 1. The van der Waals surface area contributed by atoms with Crippen molar-refractivity contribution < 1.29 is 14.4 Å². The third-order valence-corrected chi connectivity index (χ3v) is 4.41. The molecule has 0 radical (unpaired) electrons. The molecule has 3 rings (SSSR count). The van der Waals surface area contributed by atoms with E-state index in [9.17, 15) is 14.4 Å². The lowest BCUT2D eigenvalue weighted by atomic mass is 10.1. The zero-order chi connectivity index (χ0) is 19.1. The number of carbonyl (C=O) groups excluding carboxylic acids is 3. The molecular weight excluding hydrogens is 344 g/mol. The van der Waals surface area contributed by atoms with Crippen molar-refractivity contribution >= 4 is 23.4 Å². The molecule has 1 fully saturated rings. The second-order valence-electron chi connectivity index (χ2n) is 6.38. The molecule has 0 unspecified atom stereocenters. The number of pyridine rings is 1. The zero-order valence-corrected chi connectivity index (χ0v) is 14.9. The third-order valence-electron chi connectivity index (χ3n) is 4.41. The number of nitrogens with one attached hydrogen (secondary N) is 2. The van der Waals surface area contributed by atoms with Crippen LogP contribution in [0, 0.1) is 5.92 Å². The molecule has 1 atom stereocenters. The van der Waals surface area contributed by atoms with E-state index >= 15 is 0 Å². The Kier molecular flexibility index (Phi) is 6.14. The molecule has 1 aliphatic heterocycles. The van der Waals surface area contributed by atoms with Gasteiger partial charge in [-0.2, -0.15) is 0 Å². The second-order valence-corrected chi connectivity index (χ2v) is 6.38. The second kappa shape index (κ2) is 8.93. The first-order chi connectivity index (χ1) is 13.1. The number of rotatable bonds is 7. The van der Waals surface area contributed by atoms with E-state index in [1.165, 1.54) is 0 Å². The standard InChI is InChI=1S/C20H22N4O3/c25-18(23-13-16-6-4-5-10-21-16)9-11-22-20(27)15-12-19(26)24(14-15)17-7-2-1-3-8-17/h1-8,10,15H,9,11-14H2,(H,22,27)(H,23,25)/t15-/m1/s1. The number of hydrogen-bond acceptors (Lipinski definition) is 4. The van der Waals surface area contributed by atoms with E-state index in [0.717, 1.165) is 11.4 Å². The lowest BCUT2D eigenvalue weighted by molar-refractivity contribution is -0.126. The van der Waals surface area contributed by atoms with Crippen molar-refractivity contribution in [3.63, 3.8) is 0 Å². The Morgan fingerprint density at radius 2 is 1.85 bits per heavy atom. The molecule has 1 aliphatic rings. The molecule has 140 valence electrons. The minimum atomic E-state index is -0.394. The van der Waals surface area contributed by atoms with E-state index in [-0.39, 0.29) is 37.1 Å². The first-order valence-electron chi connectivity index (χ1n) is 8.93. The summed E-state index contributed by atoms with van der Waals surface area (Å²) < 4.78 is 0. The van der Waals surface area contributed by atoms with Crippen LogP contribution in [0.1, 0.15) is 18.5 Å². The lowest BCUT2D eigenvalue weighted by Crippen LogP contribution is -2.35. The maximum absolute atomic E-state index is 12.3. The first kappa shape index (κ1) is 18.6. The monoisotopic (exact) mass is 366 g/mol. The molecule has 2 aromatic rings. The van der Waals surface area contributed by atoms with Gasteiger partial charge in [-0.1, -0.05) is 24.3 Å². The molecule has 1 aromatic heterocycles. The number of carbonyl (C=O) groups is 3. The van der Waals surface area contributed by atoms with Crippen molar-refractivity contribution in [2.24, 2.45) is 5.92 Å². The molecule has 1 aromatic carbocycles. The molecule has 0 bridgehead atoms. The maximum Gasteiger partial charge on any atom is 0.227 e. The summed E-state index contributed by atoms with van der Waals surface area (Å²) in [6.45, 7) is 0.959. The Morgan fingerprint density at radius 1 is 1.07 bits per heavy atom. The summed E-state index contributed by atoms with van der Waals surface area (Å²) in [5.41, 5.74) is 1.58. The number of anilines is 1. The van der Waals surface area contributed by atoms with Crippen LogP contribution in [-0.4, -0.2) is 35.8 Å². The highest BCUT2D eigenvalue weighted by molar-refractivity contribution is 6.00. The van der Waals surface area contributed by atoms with Gasteiger partial charge in [-0.25, -0.2) is 0 Å². The van der Waals surface area contributed by atoms with Crippen molar-refractivity contribution in [3.8, 4) is 0 Å². The zero-order valence-electron chi connectivity index (χ0n) is 14.9. The largest absolute Gasteiger partial charge is 0.355 e. The first-order valence-corrected chi connectivity index (χ1v) is 8.93. The van der Waals surface area contributed by atoms with E-state index < -0.39 is 5.92 Å². The van der Waals surface area contributed by atoms with Gasteiger partial charge in [0.05, 0.1) is 18.2 Å². The maximum atomic E-state index is 12.3. The van der Waals surface area contributed by atoms with Crippen molar-refractivity contribution in [3.05, 3.63) is 60.4 Å². The summed E-state index contributed by atoms with van der Waals surface area (Å²) in [6.07, 6.45) is 2.04. The van der Waals surface area contributed by atoms with Crippen molar-refractivity contribution in [2.45, 2.75) is 19.4 Å². The van der Waals surface area contributed by atoms with Gasteiger partial charge in [0.2, 0.25) is 17.7 Å². The topological polar surface area (TPSA) is 91.4 Å². The van der Waals surface area contributed by atoms with Gasteiger partial charge in [-0.3, -0.25) is 19.4 Å². The average molecular weight is 366 g/mol. The summed E-state index contributed by atoms with van der Waals surface area (Å²) in [7, 11) is 0. The molecule has 0 saturated carbocycles. The van der Waals surface area contributed by atoms with Crippen LogP contribution in [0.5, 0.6) is 0 Å². The summed E-state index contributed by atoms with van der Waals surface area (Å²) >= 11 is 0. The van der Waals surface area contributed by atoms with Gasteiger partial charge in [0.15, 0.2) is 0 Å². The highest BCUT2D eigenvalue weighted by Gasteiger charge is 2.34. The molecule has 2 N–H and O–H groups in total. The van der Waals surface area contributed by atoms with E-state index in [4.69, 9.17) is 0 Å². The van der Waals surface area contributed by atoms with Crippen LogP contribution in [-0.2, 0) is 20.9 Å². The summed E-state index contributed by atoms with van der Waals surface area (Å²) in [5.74, 6) is -0.808. The Balaban J connectivity index is 1.39. The molecule has 7 nitrogen and oxygen atoms in total. The van der Waals surface area contributed by atoms with Gasteiger partial charge in [0.1, 0.15) is 0 Å². The number of para-hydroxylation sites is 1. The SMILES string of the molecule is O=C(CCNC(=O)[C@@H]1CC(=O)N(c2ccccc2)C1)NCc1ccccn1. The number of hydrogen-bond donors (Lipinski definition) is 2. The van der Waals surface area contributed by atoms with Gasteiger partial charge in [0, 0.05) is 37.8 Å². The normalized spacial score (nSPS) is 16.2. The van der Waals surface area contributed by atoms with Crippen LogP contribution >= 0.6 is 0 Å². The quantitative estimate of drug-likeness (QED) is 0.772. The number of benzene rings is 1. The summed E-state index contributed by atoms with van der Waals surface area (Å²) in [4.78, 5) is 42.1. The van der Waals surface area contributed by atoms with Crippen molar-refractivity contribution in [1.29, 1.82) is 0 Å². The van der Waals surface area contributed by atoms with Gasteiger partial charge in [-0.15, -0.1) is 0 Å². The third kappa shape index (κ3) is 5.13. The van der Waals surface area contributed by atoms with E-state index in [1.807, 2.05) is 48.5 Å². The molecular formula is C20H22N4O3.